The molecular weight excluding hydrogens is 206 g/mol. The Morgan fingerprint density at radius 2 is 1.18 bits per heavy atom. The predicted molar refractivity (Wildman–Crippen MR) is 79.5 cm³/mol. The highest BCUT2D eigenvalue weighted by Gasteiger charge is 2.24. The molecule has 2 fully saturated rings. The zero-order valence-corrected chi connectivity index (χ0v) is 13.0. The van der Waals surface area contributed by atoms with Crippen LogP contribution in [0.25, 0.3) is 0 Å². The summed E-state index contributed by atoms with van der Waals surface area (Å²) in [5.74, 6) is 0.986. The third kappa shape index (κ3) is 6.45. The first-order valence-electron chi connectivity index (χ1n) is 8.10. The quantitative estimate of drug-likeness (QED) is 0.617. The van der Waals surface area contributed by atoms with E-state index in [2.05, 4.69) is 11.8 Å². The number of nitrogens with zero attached hydrogens (tertiary/aromatic N) is 1. The van der Waals surface area contributed by atoms with Crippen LogP contribution in [0.1, 0.15) is 79.6 Å². The molecule has 17 heavy (non-hydrogen) atoms. The molecule has 1 aliphatic carbocycles. The van der Waals surface area contributed by atoms with Gasteiger partial charge >= 0.3 is 0 Å². The van der Waals surface area contributed by atoms with Gasteiger partial charge < -0.3 is 4.90 Å². The van der Waals surface area contributed by atoms with E-state index in [1.165, 1.54) is 58.0 Å². The van der Waals surface area contributed by atoms with Gasteiger partial charge in [0.15, 0.2) is 0 Å². The minimum absolute atomic E-state index is 0.959. The fourth-order valence-corrected chi connectivity index (χ4v) is 2.84. The van der Waals surface area contributed by atoms with Crippen LogP contribution in [-0.4, -0.2) is 24.0 Å². The number of likely N-dealkylation sites (tertiary alicyclic amines) is 1. The van der Waals surface area contributed by atoms with Crippen molar-refractivity contribution < 1.29 is 0 Å². The Kier molecular flexibility index (Phi) is 11.0. The summed E-state index contributed by atoms with van der Waals surface area (Å²) in [6.07, 6.45) is 10.3. The van der Waals surface area contributed by atoms with E-state index < -0.39 is 0 Å². The first-order valence-corrected chi connectivity index (χ1v) is 8.10. The van der Waals surface area contributed by atoms with Crippen LogP contribution in [0, 0.1) is 5.92 Å². The van der Waals surface area contributed by atoms with Gasteiger partial charge in [-0.2, -0.15) is 0 Å². The Balaban J connectivity index is 0.000000581. The fraction of sp³-hybridized carbons (Fsp3) is 1.00. The molecule has 0 atom stereocenters. The predicted octanol–water partition coefficient (Wildman–Crippen LogP) is 5.10. The molecule has 1 saturated carbocycles. The van der Waals surface area contributed by atoms with E-state index in [-0.39, 0.29) is 0 Å². The molecule has 104 valence electrons. The van der Waals surface area contributed by atoms with Gasteiger partial charge in [0.05, 0.1) is 0 Å². The van der Waals surface area contributed by atoms with Crippen LogP contribution < -0.4 is 0 Å². The average molecular weight is 241 g/mol. The zero-order chi connectivity index (χ0) is 13.1. The van der Waals surface area contributed by atoms with E-state index in [0.29, 0.717) is 0 Å². The second kappa shape index (κ2) is 11.1. The topological polar surface area (TPSA) is 3.24 Å². The Hall–Kier alpha value is -0.0400. The van der Waals surface area contributed by atoms with E-state index in [1.807, 2.05) is 27.7 Å². The molecule has 0 bridgehead atoms. The molecule has 2 rings (SSSR count). The molecule has 1 aliphatic heterocycles. The minimum atomic E-state index is 0.959. The molecule has 0 aromatic rings. The maximum Gasteiger partial charge on any atom is 0.00952 e. The van der Waals surface area contributed by atoms with Crippen LogP contribution in [0.2, 0.25) is 0 Å². The van der Waals surface area contributed by atoms with Crippen LogP contribution in [0.3, 0.4) is 0 Å². The first-order chi connectivity index (χ1) is 8.36. The highest BCUT2D eigenvalue weighted by molar-refractivity contribution is 4.79. The van der Waals surface area contributed by atoms with Crippen molar-refractivity contribution in [2.75, 3.05) is 13.1 Å². The van der Waals surface area contributed by atoms with E-state index >= 15 is 0 Å². The second-order valence-electron chi connectivity index (χ2n) is 5.01. The Bertz CT molecular complexity index is 142. The molecule has 0 unspecified atom stereocenters. The smallest absolute Gasteiger partial charge is 0.00952 e. The molecule has 0 aromatic carbocycles. The monoisotopic (exact) mass is 241 g/mol. The Labute approximate surface area is 110 Å². The number of hydrogen-bond acceptors (Lipinski definition) is 1. The van der Waals surface area contributed by atoms with Gasteiger partial charge in [-0.25, -0.2) is 0 Å². The molecule has 0 N–H and O–H groups in total. The largest absolute Gasteiger partial charge is 0.300 e. The van der Waals surface area contributed by atoms with Crippen molar-refractivity contribution in [3.8, 4) is 0 Å². The third-order valence-corrected chi connectivity index (χ3v) is 3.91. The van der Waals surface area contributed by atoms with Crippen LogP contribution in [0.5, 0.6) is 0 Å². The van der Waals surface area contributed by atoms with Crippen molar-refractivity contribution in [2.45, 2.75) is 85.6 Å². The molecule has 0 spiro atoms. The molecule has 1 nitrogen and oxygen atoms in total. The summed E-state index contributed by atoms with van der Waals surface area (Å²) in [5.41, 5.74) is 0. The molecule has 1 heterocycles. The minimum Gasteiger partial charge on any atom is -0.300 e. The van der Waals surface area contributed by atoms with Crippen LogP contribution >= 0.6 is 0 Å². The Morgan fingerprint density at radius 1 is 0.706 bits per heavy atom. The molecule has 1 heteroatoms. The normalized spacial score (nSPS) is 23.1. The second-order valence-corrected chi connectivity index (χ2v) is 5.01. The van der Waals surface area contributed by atoms with Crippen LogP contribution in [0.4, 0.5) is 0 Å². The fourth-order valence-electron chi connectivity index (χ4n) is 2.84. The average Bonchev–Trinajstić information content (AvgIpc) is 2.45. The van der Waals surface area contributed by atoms with E-state index in [0.717, 1.165) is 12.0 Å². The van der Waals surface area contributed by atoms with Gasteiger partial charge in [0.2, 0.25) is 0 Å². The first kappa shape index (κ1) is 17.0. The lowest BCUT2D eigenvalue weighted by atomic mass is 9.91. The molecule has 0 aromatic heterocycles. The highest BCUT2D eigenvalue weighted by atomic mass is 15.2. The zero-order valence-electron chi connectivity index (χ0n) is 13.0. The highest BCUT2D eigenvalue weighted by Crippen LogP contribution is 2.26. The van der Waals surface area contributed by atoms with Gasteiger partial charge in [0, 0.05) is 6.04 Å². The van der Waals surface area contributed by atoms with Crippen molar-refractivity contribution in [3.05, 3.63) is 0 Å². The maximum absolute atomic E-state index is 2.76. The lowest BCUT2D eigenvalue weighted by Crippen LogP contribution is -2.41. The summed E-state index contributed by atoms with van der Waals surface area (Å²) in [5, 5.41) is 0. The molecule has 0 radical (unpaired) electrons. The summed E-state index contributed by atoms with van der Waals surface area (Å²) < 4.78 is 0. The molecule has 2 aliphatic rings. The SMILES string of the molecule is CC.CC.CC1CCN(C2CCCCC2)CC1. The van der Waals surface area contributed by atoms with Crippen LogP contribution in [0.15, 0.2) is 0 Å². The summed E-state index contributed by atoms with van der Waals surface area (Å²) in [6, 6.07) is 0.959. The van der Waals surface area contributed by atoms with Crippen molar-refractivity contribution in [3.63, 3.8) is 0 Å². The van der Waals surface area contributed by atoms with Crippen molar-refractivity contribution in [1.29, 1.82) is 0 Å². The van der Waals surface area contributed by atoms with Gasteiger partial charge in [0.25, 0.3) is 0 Å². The van der Waals surface area contributed by atoms with Crippen molar-refractivity contribution in [1.82, 2.24) is 4.90 Å². The number of hydrogen-bond donors (Lipinski definition) is 0. The van der Waals surface area contributed by atoms with Gasteiger partial charge in [-0.3, -0.25) is 0 Å². The summed E-state index contributed by atoms with van der Waals surface area (Å²) >= 11 is 0. The van der Waals surface area contributed by atoms with E-state index in [9.17, 15) is 0 Å². The summed E-state index contributed by atoms with van der Waals surface area (Å²) in [7, 11) is 0. The van der Waals surface area contributed by atoms with Gasteiger partial charge in [-0.1, -0.05) is 53.9 Å². The third-order valence-electron chi connectivity index (χ3n) is 3.91. The summed E-state index contributed by atoms with van der Waals surface area (Å²) in [4.78, 5) is 2.76. The van der Waals surface area contributed by atoms with Gasteiger partial charge in [-0.05, 0) is 44.7 Å². The number of rotatable bonds is 1. The van der Waals surface area contributed by atoms with Gasteiger partial charge in [0.1, 0.15) is 0 Å². The van der Waals surface area contributed by atoms with Crippen LogP contribution in [-0.2, 0) is 0 Å². The standard InChI is InChI=1S/C12H23N.2C2H6/c1-11-7-9-13(10-8-11)12-5-3-2-4-6-12;2*1-2/h11-12H,2-10H2,1H3;2*1-2H3. The van der Waals surface area contributed by atoms with Crippen molar-refractivity contribution in [2.24, 2.45) is 5.92 Å². The lowest BCUT2D eigenvalue weighted by Gasteiger charge is -2.38. The molecule has 0 amide bonds. The number of piperidine rings is 1. The maximum atomic E-state index is 2.76. The van der Waals surface area contributed by atoms with Crippen molar-refractivity contribution >= 4 is 0 Å². The summed E-state index contributed by atoms with van der Waals surface area (Å²) in [6.45, 7) is 13.2. The lowest BCUT2D eigenvalue weighted by molar-refractivity contribution is 0.111. The van der Waals surface area contributed by atoms with Gasteiger partial charge in [-0.15, -0.1) is 0 Å². The Morgan fingerprint density at radius 3 is 1.65 bits per heavy atom. The molecular formula is C16H35N. The molecule has 1 saturated heterocycles. The van der Waals surface area contributed by atoms with E-state index in [4.69, 9.17) is 0 Å². The van der Waals surface area contributed by atoms with E-state index in [1.54, 1.807) is 0 Å².